The topological polar surface area (TPSA) is 96.5 Å². The van der Waals surface area contributed by atoms with Gasteiger partial charge < -0.3 is 15.4 Å². The normalized spacial score (nSPS) is 12.0. The fourth-order valence-corrected chi connectivity index (χ4v) is 3.77. The van der Waals surface area contributed by atoms with Crippen LogP contribution in [0.1, 0.15) is 44.5 Å². The molecule has 1 rings (SSSR count). The van der Waals surface area contributed by atoms with E-state index >= 15 is 0 Å². The molecule has 0 unspecified atom stereocenters. The molecular weight excluding hydrogens is 342 g/mol. The second kappa shape index (κ2) is 9.17. The van der Waals surface area contributed by atoms with Gasteiger partial charge in [-0.05, 0) is 51.9 Å². The second-order valence-electron chi connectivity index (χ2n) is 6.73. The zero-order valence-electron chi connectivity index (χ0n) is 15.6. The highest BCUT2D eigenvalue weighted by Gasteiger charge is 2.26. The molecule has 0 atom stereocenters. The summed E-state index contributed by atoms with van der Waals surface area (Å²) in [7, 11) is -2.42. The summed E-state index contributed by atoms with van der Waals surface area (Å²) >= 11 is 0. The van der Waals surface area contributed by atoms with Gasteiger partial charge in [0.15, 0.2) is 0 Å². The van der Waals surface area contributed by atoms with Crippen molar-refractivity contribution in [3.05, 3.63) is 23.8 Å². The molecule has 1 amide bonds. The van der Waals surface area contributed by atoms with Gasteiger partial charge in [0.2, 0.25) is 10.0 Å². The fourth-order valence-electron chi connectivity index (χ4n) is 2.15. The van der Waals surface area contributed by atoms with Crippen molar-refractivity contribution in [2.24, 2.45) is 0 Å². The van der Waals surface area contributed by atoms with Crippen LogP contribution in [0.15, 0.2) is 23.1 Å². The standard InChI is InChI=1S/C17H29N3O4S/c1-6-9-18-10-11-19-16(21)13-7-8-14(24-5)15(12-13)25(22,23)20-17(2,3)4/h7-8,12,18,20H,6,9-11H2,1-5H3,(H,19,21). The van der Waals surface area contributed by atoms with Gasteiger partial charge in [-0.15, -0.1) is 0 Å². The number of carbonyl (C=O) groups is 1. The van der Waals surface area contributed by atoms with Crippen LogP contribution in [0.3, 0.4) is 0 Å². The summed E-state index contributed by atoms with van der Waals surface area (Å²) in [6.07, 6.45) is 1.02. The minimum Gasteiger partial charge on any atom is -0.495 e. The molecule has 0 aliphatic heterocycles. The minimum absolute atomic E-state index is 0.0540. The summed E-state index contributed by atoms with van der Waals surface area (Å²) in [5.74, 6) is -0.133. The number of benzene rings is 1. The van der Waals surface area contributed by atoms with Gasteiger partial charge in [-0.1, -0.05) is 6.92 Å². The molecule has 8 heteroatoms. The zero-order valence-corrected chi connectivity index (χ0v) is 16.4. The second-order valence-corrected chi connectivity index (χ2v) is 8.38. The van der Waals surface area contributed by atoms with Gasteiger partial charge in [-0.3, -0.25) is 4.79 Å². The van der Waals surface area contributed by atoms with Crippen LogP contribution >= 0.6 is 0 Å². The number of nitrogens with one attached hydrogen (secondary N) is 3. The van der Waals surface area contributed by atoms with E-state index in [2.05, 4.69) is 22.3 Å². The predicted molar refractivity (Wildman–Crippen MR) is 98.6 cm³/mol. The van der Waals surface area contributed by atoms with Crippen LogP contribution in [0.2, 0.25) is 0 Å². The number of hydrogen-bond acceptors (Lipinski definition) is 5. The Morgan fingerprint density at radius 2 is 1.84 bits per heavy atom. The van der Waals surface area contributed by atoms with E-state index < -0.39 is 15.6 Å². The first-order chi connectivity index (χ1) is 11.6. The molecule has 0 spiro atoms. The highest BCUT2D eigenvalue weighted by molar-refractivity contribution is 7.89. The van der Waals surface area contributed by atoms with Crippen LogP contribution in [-0.2, 0) is 10.0 Å². The molecule has 0 aromatic heterocycles. The molecule has 0 saturated carbocycles. The molecule has 0 heterocycles. The Morgan fingerprint density at radius 3 is 2.40 bits per heavy atom. The Kier molecular flexibility index (Phi) is 7.85. The minimum atomic E-state index is -3.82. The van der Waals surface area contributed by atoms with E-state index in [1.807, 2.05) is 0 Å². The van der Waals surface area contributed by atoms with Crippen LogP contribution in [0.5, 0.6) is 5.75 Å². The summed E-state index contributed by atoms with van der Waals surface area (Å²) in [5, 5.41) is 5.95. The highest BCUT2D eigenvalue weighted by Crippen LogP contribution is 2.26. The Morgan fingerprint density at radius 1 is 1.16 bits per heavy atom. The number of sulfonamides is 1. The third kappa shape index (κ3) is 7.01. The van der Waals surface area contributed by atoms with E-state index in [-0.39, 0.29) is 22.1 Å². The van der Waals surface area contributed by atoms with Crippen molar-refractivity contribution in [2.75, 3.05) is 26.7 Å². The van der Waals surface area contributed by atoms with E-state index in [0.29, 0.717) is 13.1 Å². The molecule has 7 nitrogen and oxygen atoms in total. The predicted octanol–water partition coefficient (Wildman–Crippen LogP) is 1.50. The number of ether oxygens (including phenoxy) is 1. The summed E-state index contributed by atoms with van der Waals surface area (Å²) in [6.45, 7) is 9.32. The van der Waals surface area contributed by atoms with Gasteiger partial charge in [0.05, 0.1) is 7.11 Å². The number of methoxy groups -OCH3 is 1. The molecule has 142 valence electrons. The van der Waals surface area contributed by atoms with Crippen molar-refractivity contribution in [1.29, 1.82) is 0 Å². The fraction of sp³-hybridized carbons (Fsp3) is 0.588. The lowest BCUT2D eigenvalue weighted by Crippen LogP contribution is -2.40. The molecule has 25 heavy (non-hydrogen) atoms. The first-order valence-electron chi connectivity index (χ1n) is 8.31. The van der Waals surface area contributed by atoms with Crippen LogP contribution in [0, 0.1) is 0 Å². The smallest absolute Gasteiger partial charge is 0.251 e. The number of rotatable bonds is 9. The summed E-state index contributed by atoms with van der Waals surface area (Å²) in [6, 6.07) is 4.37. The molecule has 0 aliphatic rings. The van der Waals surface area contributed by atoms with Crippen LogP contribution in [0.4, 0.5) is 0 Å². The lowest BCUT2D eigenvalue weighted by Gasteiger charge is -2.21. The van der Waals surface area contributed by atoms with E-state index in [1.54, 1.807) is 26.8 Å². The summed E-state index contributed by atoms with van der Waals surface area (Å²) in [4.78, 5) is 12.2. The SMILES string of the molecule is CCCNCCNC(=O)c1ccc(OC)c(S(=O)(=O)NC(C)(C)C)c1. The summed E-state index contributed by atoms with van der Waals surface area (Å²) < 4.78 is 32.9. The van der Waals surface area contributed by atoms with E-state index in [1.165, 1.54) is 19.2 Å². The van der Waals surface area contributed by atoms with E-state index in [9.17, 15) is 13.2 Å². The number of amides is 1. The van der Waals surface area contributed by atoms with Crippen molar-refractivity contribution < 1.29 is 17.9 Å². The van der Waals surface area contributed by atoms with Crippen LogP contribution in [-0.4, -0.2) is 46.6 Å². The van der Waals surface area contributed by atoms with Gasteiger partial charge in [0.1, 0.15) is 10.6 Å². The molecule has 0 saturated heterocycles. The first-order valence-corrected chi connectivity index (χ1v) is 9.80. The van der Waals surface area contributed by atoms with Gasteiger partial charge in [-0.2, -0.15) is 0 Å². The van der Waals surface area contributed by atoms with E-state index in [0.717, 1.165) is 13.0 Å². The van der Waals surface area contributed by atoms with Gasteiger partial charge in [-0.25, -0.2) is 13.1 Å². The lowest BCUT2D eigenvalue weighted by atomic mass is 10.1. The Labute approximate surface area is 150 Å². The Hall–Kier alpha value is -1.64. The molecule has 1 aromatic carbocycles. The maximum atomic E-state index is 12.6. The average Bonchev–Trinajstić information content (AvgIpc) is 2.51. The average molecular weight is 372 g/mol. The third-order valence-corrected chi connectivity index (χ3v) is 4.95. The van der Waals surface area contributed by atoms with Gasteiger partial charge >= 0.3 is 0 Å². The molecule has 0 aliphatic carbocycles. The van der Waals surface area contributed by atoms with Crippen molar-refractivity contribution in [3.63, 3.8) is 0 Å². The maximum absolute atomic E-state index is 12.6. The summed E-state index contributed by atoms with van der Waals surface area (Å²) in [5.41, 5.74) is -0.377. The first kappa shape index (κ1) is 21.4. The molecule has 0 radical (unpaired) electrons. The van der Waals surface area contributed by atoms with Crippen molar-refractivity contribution >= 4 is 15.9 Å². The highest BCUT2D eigenvalue weighted by atomic mass is 32.2. The lowest BCUT2D eigenvalue weighted by molar-refractivity contribution is 0.0953. The van der Waals surface area contributed by atoms with Gasteiger partial charge in [0.25, 0.3) is 5.91 Å². The largest absolute Gasteiger partial charge is 0.495 e. The van der Waals surface area contributed by atoms with Crippen molar-refractivity contribution in [3.8, 4) is 5.75 Å². The molecule has 1 aromatic rings. The van der Waals surface area contributed by atoms with Gasteiger partial charge in [0, 0.05) is 24.2 Å². The quantitative estimate of drug-likeness (QED) is 0.572. The molecule has 3 N–H and O–H groups in total. The van der Waals surface area contributed by atoms with Crippen LogP contribution in [0.25, 0.3) is 0 Å². The zero-order chi connectivity index (χ0) is 19.1. The Bertz CT molecular complexity index is 682. The Balaban J connectivity index is 2.97. The van der Waals surface area contributed by atoms with E-state index in [4.69, 9.17) is 4.74 Å². The van der Waals surface area contributed by atoms with Crippen LogP contribution < -0.4 is 20.1 Å². The molecular formula is C17H29N3O4S. The monoisotopic (exact) mass is 371 g/mol. The number of hydrogen-bond donors (Lipinski definition) is 3. The van der Waals surface area contributed by atoms with Crippen molar-refractivity contribution in [1.82, 2.24) is 15.4 Å². The maximum Gasteiger partial charge on any atom is 0.251 e. The third-order valence-electron chi connectivity index (χ3n) is 3.17. The van der Waals surface area contributed by atoms with Crippen molar-refractivity contribution in [2.45, 2.75) is 44.6 Å². The number of carbonyl (C=O) groups excluding carboxylic acids is 1. The molecule has 0 bridgehead atoms. The molecule has 0 fully saturated rings.